The van der Waals surface area contributed by atoms with Gasteiger partial charge in [0.05, 0.1) is 23.3 Å². The van der Waals surface area contributed by atoms with Crippen LogP contribution in [-0.2, 0) is 0 Å². The molecule has 1 aliphatic heterocycles. The molecule has 7 heteroatoms. The summed E-state index contributed by atoms with van der Waals surface area (Å²) in [6.45, 7) is 4.20. The topological polar surface area (TPSA) is 59.2 Å². The Kier molecular flexibility index (Phi) is 5.09. The number of anilines is 1. The number of aromatic nitrogens is 4. The van der Waals surface area contributed by atoms with E-state index in [1.54, 1.807) is 27.8 Å². The van der Waals surface area contributed by atoms with Crippen molar-refractivity contribution in [3.63, 3.8) is 0 Å². The zero-order chi connectivity index (χ0) is 21.2. The summed E-state index contributed by atoms with van der Waals surface area (Å²) in [5.74, 6) is 0. The van der Waals surface area contributed by atoms with Crippen LogP contribution in [0.2, 0.25) is 0 Å². The van der Waals surface area contributed by atoms with Gasteiger partial charge < -0.3 is 9.80 Å². The Labute approximate surface area is 180 Å². The van der Waals surface area contributed by atoms with Gasteiger partial charge in [0.2, 0.25) is 5.43 Å². The first-order valence-corrected chi connectivity index (χ1v) is 10.4. The number of likely N-dealkylation sites (N-methyl/N-ethyl adjacent to an activating group) is 1. The van der Waals surface area contributed by atoms with Crippen LogP contribution in [-0.4, -0.2) is 57.7 Å². The first kappa shape index (κ1) is 19.3. The van der Waals surface area contributed by atoms with Crippen molar-refractivity contribution >= 4 is 5.69 Å². The molecule has 2 aromatic heterocycles. The molecule has 1 aliphatic rings. The number of para-hydroxylation sites is 1. The van der Waals surface area contributed by atoms with E-state index < -0.39 is 0 Å². The highest BCUT2D eigenvalue weighted by molar-refractivity contribution is 5.57. The van der Waals surface area contributed by atoms with Crippen molar-refractivity contribution in [2.75, 3.05) is 38.1 Å². The largest absolute Gasteiger partial charge is 0.369 e. The molecular weight excluding hydrogens is 388 g/mol. The third-order valence-electron chi connectivity index (χ3n) is 5.68. The molecule has 0 unspecified atom stereocenters. The Bertz CT molecular complexity index is 1220. The molecule has 0 N–H and O–H groups in total. The predicted octanol–water partition coefficient (Wildman–Crippen LogP) is 2.84. The average molecular weight is 412 g/mol. The lowest BCUT2D eigenvalue weighted by molar-refractivity contribution is 0.313. The average Bonchev–Trinajstić information content (AvgIpc) is 3.30. The molecule has 0 aliphatic carbocycles. The van der Waals surface area contributed by atoms with E-state index in [0.29, 0.717) is 11.4 Å². The maximum atomic E-state index is 12.6. The Morgan fingerprint density at radius 2 is 1.48 bits per heavy atom. The zero-order valence-corrected chi connectivity index (χ0v) is 17.4. The van der Waals surface area contributed by atoms with E-state index in [1.807, 2.05) is 48.5 Å². The SMILES string of the molecule is CN1CCN(c2ccc(-n3ccc(=O)c(-c4ccnn4-c4ccccc4)n3)cc2)CC1. The van der Waals surface area contributed by atoms with Gasteiger partial charge >= 0.3 is 0 Å². The molecule has 1 saturated heterocycles. The minimum atomic E-state index is -0.136. The lowest BCUT2D eigenvalue weighted by Crippen LogP contribution is -2.44. The molecule has 0 radical (unpaired) electrons. The summed E-state index contributed by atoms with van der Waals surface area (Å²) in [5.41, 5.74) is 3.90. The lowest BCUT2D eigenvalue weighted by atomic mass is 10.2. The van der Waals surface area contributed by atoms with Crippen molar-refractivity contribution in [2.45, 2.75) is 0 Å². The lowest BCUT2D eigenvalue weighted by Gasteiger charge is -2.34. The Morgan fingerprint density at radius 1 is 0.774 bits per heavy atom. The van der Waals surface area contributed by atoms with E-state index in [4.69, 9.17) is 0 Å². The highest BCUT2D eigenvalue weighted by Gasteiger charge is 2.15. The van der Waals surface area contributed by atoms with Crippen LogP contribution in [0.3, 0.4) is 0 Å². The zero-order valence-electron chi connectivity index (χ0n) is 17.4. The second kappa shape index (κ2) is 8.20. The highest BCUT2D eigenvalue weighted by atomic mass is 16.1. The molecule has 3 heterocycles. The van der Waals surface area contributed by atoms with Gasteiger partial charge in [-0.05, 0) is 49.5 Å². The molecule has 0 spiro atoms. The molecule has 0 atom stereocenters. The third-order valence-corrected chi connectivity index (χ3v) is 5.68. The van der Waals surface area contributed by atoms with Crippen molar-refractivity contribution in [3.05, 3.63) is 89.3 Å². The van der Waals surface area contributed by atoms with Gasteiger partial charge in [0.1, 0.15) is 0 Å². The standard InChI is InChI=1S/C24H24N6O/c1-27-15-17-28(18-16-27)19-7-9-20(10-8-19)29-14-12-23(31)24(26-29)22-11-13-25-30(22)21-5-3-2-4-6-21/h2-14H,15-18H2,1H3. The van der Waals surface area contributed by atoms with Gasteiger partial charge in [0, 0.05) is 44.1 Å². The van der Waals surface area contributed by atoms with E-state index in [-0.39, 0.29) is 5.43 Å². The number of piperazine rings is 1. The summed E-state index contributed by atoms with van der Waals surface area (Å²) < 4.78 is 3.48. The molecule has 1 fully saturated rings. The second-order valence-electron chi connectivity index (χ2n) is 7.74. The van der Waals surface area contributed by atoms with Gasteiger partial charge in [-0.2, -0.15) is 10.2 Å². The van der Waals surface area contributed by atoms with E-state index in [1.165, 1.54) is 5.69 Å². The summed E-state index contributed by atoms with van der Waals surface area (Å²) >= 11 is 0. The van der Waals surface area contributed by atoms with E-state index in [0.717, 1.165) is 37.6 Å². The van der Waals surface area contributed by atoms with Crippen LogP contribution in [0.1, 0.15) is 0 Å². The number of hydrogen-bond donors (Lipinski definition) is 0. The van der Waals surface area contributed by atoms with Gasteiger partial charge in [-0.3, -0.25) is 4.79 Å². The molecule has 4 aromatic rings. The Morgan fingerprint density at radius 3 is 2.23 bits per heavy atom. The normalized spacial score (nSPS) is 14.7. The molecule has 0 amide bonds. The summed E-state index contributed by atoms with van der Waals surface area (Å²) in [4.78, 5) is 17.4. The maximum Gasteiger partial charge on any atom is 0.209 e. The van der Waals surface area contributed by atoms with E-state index >= 15 is 0 Å². The smallest absolute Gasteiger partial charge is 0.209 e. The van der Waals surface area contributed by atoms with Gasteiger partial charge in [-0.1, -0.05) is 18.2 Å². The summed E-state index contributed by atoms with van der Waals surface area (Å²) in [6, 6.07) is 21.4. The van der Waals surface area contributed by atoms with Gasteiger partial charge in [0.15, 0.2) is 5.69 Å². The Hall–Kier alpha value is -3.71. The number of rotatable bonds is 4. The minimum absolute atomic E-state index is 0.136. The van der Waals surface area contributed by atoms with Crippen LogP contribution < -0.4 is 10.3 Å². The number of nitrogens with zero attached hydrogens (tertiary/aromatic N) is 6. The minimum Gasteiger partial charge on any atom is -0.369 e. The molecular formula is C24H24N6O. The van der Waals surface area contributed by atoms with Crippen LogP contribution >= 0.6 is 0 Å². The van der Waals surface area contributed by atoms with Crippen molar-refractivity contribution < 1.29 is 0 Å². The fourth-order valence-electron chi connectivity index (χ4n) is 3.87. The molecule has 2 aromatic carbocycles. The maximum absolute atomic E-state index is 12.6. The summed E-state index contributed by atoms with van der Waals surface area (Å²) in [7, 11) is 2.16. The number of benzene rings is 2. The van der Waals surface area contributed by atoms with Crippen LogP contribution in [0, 0.1) is 0 Å². The second-order valence-corrected chi connectivity index (χ2v) is 7.74. The van der Waals surface area contributed by atoms with Gasteiger partial charge in [-0.15, -0.1) is 0 Å². The van der Waals surface area contributed by atoms with Crippen LogP contribution in [0.25, 0.3) is 22.8 Å². The van der Waals surface area contributed by atoms with Crippen LogP contribution in [0.5, 0.6) is 0 Å². The molecule has 156 valence electrons. The van der Waals surface area contributed by atoms with Crippen molar-refractivity contribution in [2.24, 2.45) is 0 Å². The molecule has 0 saturated carbocycles. The highest BCUT2D eigenvalue weighted by Crippen LogP contribution is 2.21. The Balaban J connectivity index is 1.46. The fourth-order valence-corrected chi connectivity index (χ4v) is 3.87. The van der Waals surface area contributed by atoms with Gasteiger partial charge in [-0.25, -0.2) is 9.36 Å². The van der Waals surface area contributed by atoms with Crippen molar-refractivity contribution in [1.82, 2.24) is 24.5 Å². The van der Waals surface area contributed by atoms with Gasteiger partial charge in [0.25, 0.3) is 0 Å². The summed E-state index contributed by atoms with van der Waals surface area (Å²) in [6.07, 6.45) is 3.39. The monoisotopic (exact) mass is 412 g/mol. The number of hydrogen-bond acceptors (Lipinski definition) is 5. The molecule has 7 nitrogen and oxygen atoms in total. The third kappa shape index (κ3) is 3.87. The molecule has 0 bridgehead atoms. The first-order valence-electron chi connectivity index (χ1n) is 10.4. The van der Waals surface area contributed by atoms with Crippen LogP contribution in [0.15, 0.2) is 83.9 Å². The quantitative estimate of drug-likeness (QED) is 0.516. The molecule has 5 rings (SSSR count). The van der Waals surface area contributed by atoms with E-state index in [2.05, 4.69) is 39.2 Å². The summed E-state index contributed by atoms with van der Waals surface area (Å²) in [5, 5.41) is 9.04. The first-order chi connectivity index (χ1) is 15.2. The van der Waals surface area contributed by atoms with Crippen molar-refractivity contribution in [1.29, 1.82) is 0 Å². The molecule has 31 heavy (non-hydrogen) atoms. The van der Waals surface area contributed by atoms with E-state index in [9.17, 15) is 4.79 Å². The van der Waals surface area contributed by atoms with Crippen molar-refractivity contribution in [3.8, 4) is 22.8 Å². The van der Waals surface area contributed by atoms with Crippen LogP contribution in [0.4, 0.5) is 5.69 Å². The fraction of sp³-hybridized carbons (Fsp3) is 0.208. The predicted molar refractivity (Wildman–Crippen MR) is 122 cm³/mol.